The van der Waals surface area contributed by atoms with E-state index in [1.807, 2.05) is 0 Å². The normalized spacial score (nSPS) is 23.8. The average molecular weight is 184 g/mol. The largest absolute Gasteiger partial charge is 0.396 e. The fourth-order valence-corrected chi connectivity index (χ4v) is 2.36. The lowest BCUT2D eigenvalue weighted by molar-refractivity contribution is 0.0681. The monoisotopic (exact) mass is 184 g/mol. The van der Waals surface area contributed by atoms with Crippen LogP contribution >= 0.6 is 0 Å². The van der Waals surface area contributed by atoms with Crippen molar-refractivity contribution in [1.29, 1.82) is 0 Å². The van der Waals surface area contributed by atoms with Gasteiger partial charge in [0.05, 0.1) is 0 Å². The van der Waals surface area contributed by atoms with E-state index in [1.54, 1.807) is 0 Å². The van der Waals surface area contributed by atoms with Crippen molar-refractivity contribution in [3.05, 3.63) is 0 Å². The third-order valence-electron chi connectivity index (χ3n) is 3.98. The molecule has 1 saturated carbocycles. The first kappa shape index (κ1) is 11.0. The van der Waals surface area contributed by atoms with E-state index in [4.69, 9.17) is 0 Å². The third-order valence-corrected chi connectivity index (χ3v) is 3.98. The van der Waals surface area contributed by atoms with Crippen molar-refractivity contribution in [1.82, 2.24) is 0 Å². The topological polar surface area (TPSA) is 20.2 Å². The van der Waals surface area contributed by atoms with Crippen molar-refractivity contribution >= 4 is 0 Å². The van der Waals surface area contributed by atoms with Crippen molar-refractivity contribution in [2.24, 2.45) is 17.3 Å². The number of rotatable bonds is 4. The van der Waals surface area contributed by atoms with Crippen LogP contribution in [0.2, 0.25) is 0 Å². The average Bonchev–Trinajstić information content (AvgIpc) is 2.56. The Labute approximate surface area is 82.5 Å². The van der Waals surface area contributed by atoms with Crippen molar-refractivity contribution in [3.63, 3.8) is 0 Å². The van der Waals surface area contributed by atoms with Gasteiger partial charge in [0.2, 0.25) is 0 Å². The smallest absolute Gasteiger partial charge is 0.0487 e. The lowest BCUT2D eigenvalue weighted by atomic mass is 9.73. The molecule has 1 aliphatic rings. The molecule has 1 fully saturated rings. The van der Waals surface area contributed by atoms with E-state index in [-0.39, 0.29) is 5.41 Å². The van der Waals surface area contributed by atoms with Crippen LogP contribution in [0.4, 0.5) is 0 Å². The van der Waals surface area contributed by atoms with Gasteiger partial charge in [0.25, 0.3) is 0 Å². The second kappa shape index (κ2) is 4.45. The summed E-state index contributed by atoms with van der Waals surface area (Å²) >= 11 is 0. The van der Waals surface area contributed by atoms with Crippen molar-refractivity contribution in [2.75, 3.05) is 6.61 Å². The second-order valence-corrected chi connectivity index (χ2v) is 5.32. The number of hydrogen-bond donors (Lipinski definition) is 1. The second-order valence-electron chi connectivity index (χ2n) is 5.32. The van der Waals surface area contributed by atoms with E-state index >= 15 is 0 Å². The lowest BCUT2D eigenvalue weighted by Crippen LogP contribution is -2.30. The molecule has 13 heavy (non-hydrogen) atoms. The molecular formula is C12H24O. The summed E-state index contributed by atoms with van der Waals surface area (Å²) in [7, 11) is 0. The molecule has 0 aromatic rings. The maximum atomic E-state index is 9.42. The summed E-state index contributed by atoms with van der Waals surface area (Å²) in [5.41, 5.74) is 0.162. The molecule has 0 amide bonds. The minimum absolute atomic E-state index is 0.162. The van der Waals surface area contributed by atoms with Crippen molar-refractivity contribution in [3.8, 4) is 0 Å². The van der Waals surface area contributed by atoms with Crippen LogP contribution in [-0.2, 0) is 0 Å². The zero-order valence-electron chi connectivity index (χ0n) is 9.34. The van der Waals surface area contributed by atoms with Gasteiger partial charge in [-0.25, -0.2) is 0 Å². The molecule has 1 N–H and O–H groups in total. The Balaban J connectivity index is 2.46. The van der Waals surface area contributed by atoms with Crippen molar-refractivity contribution in [2.45, 2.75) is 52.9 Å². The molecule has 0 heterocycles. The van der Waals surface area contributed by atoms with E-state index in [1.165, 1.54) is 32.1 Å². The summed E-state index contributed by atoms with van der Waals surface area (Å²) in [6.45, 7) is 7.04. The van der Waals surface area contributed by atoms with Crippen LogP contribution in [0.5, 0.6) is 0 Å². The minimum atomic E-state index is 0.162. The van der Waals surface area contributed by atoms with Crippen LogP contribution in [0.3, 0.4) is 0 Å². The Morgan fingerprint density at radius 1 is 1.31 bits per heavy atom. The molecular weight excluding hydrogens is 160 g/mol. The summed E-state index contributed by atoms with van der Waals surface area (Å²) in [5.74, 6) is 1.48. The maximum absolute atomic E-state index is 9.42. The standard InChI is InChI=1S/C12H24O/c1-10(2)12(3,9-13)8-11-6-4-5-7-11/h10-11,13H,4-9H2,1-3H3. The fourth-order valence-electron chi connectivity index (χ4n) is 2.36. The van der Waals surface area contributed by atoms with Crippen LogP contribution in [0.15, 0.2) is 0 Å². The first-order chi connectivity index (χ1) is 6.08. The van der Waals surface area contributed by atoms with E-state index in [0.717, 1.165) is 5.92 Å². The highest BCUT2D eigenvalue weighted by Gasteiger charge is 2.31. The Hall–Kier alpha value is -0.0400. The third kappa shape index (κ3) is 2.70. The summed E-state index contributed by atoms with van der Waals surface area (Å²) in [6, 6.07) is 0. The van der Waals surface area contributed by atoms with E-state index in [2.05, 4.69) is 20.8 Å². The molecule has 0 bridgehead atoms. The van der Waals surface area contributed by atoms with E-state index in [0.29, 0.717) is 12.5 Å². The molecule has 0 spiro atoms. The van der Waals surface area contributed by atoms with Crippen LogP contribution in [-0.4, -0.2) is 11.7 Å². The summed E-state index contributed by atoms with van der Waals surface area (Å²) in [5, 5.41) is 9.42. The van der Waals surface area contributed by atoms with Gasteiger partial charge in [-0.1, -0.05) is 46.5 Å². The zero-order chi connectivity index (χ0) is 9.90. The number of aliphatic hydroxyl groups is 1. The highest BCUT2D eigenvalue weighted by molar-refractivity contribution is 4.82. The maximum Gasteiger partial charge on any atom is 0.0487 e. The molecule has 0 aromatic carbocycles. The van der Waals surface area contributed by atoms with Gasteiger partial charge in [-0.05, 0) is 23.7 Å². The van der Waals surface area contributed by atoms with Crippen molar-refractivity contribution < 1.29 is 5.11 Å². The minimum Gasteiger partial charge on any atom is -0.396 e. The first-order valence-electron chi connectivity index (χ1n) is 5.69. The highest BCUT2D eigenvalue weighted by atomic mass is 16.3. The molecule has 1 unspecified atom stereocenters. The van der Waals surface area contributed by atoms with Gasteiger partial charge in [0, 0.05) is 6.61 Å². The first-order valence-corrected chi connectivity index (χ1v) is 5.69. The molecule has 1 atom stereocenters. The van der Waals surface area contributed by atoms with Gasteiger partial charge < -0.3 is 5.11 Å². The Bertz CT molecular complexity index is 147. The zero-order valence-corrected chi connectivity index (χ0v) is 9.34. The summed E-state index contributed by atoms with van der Waals surface area (Å²) in [4.78, 5) is 0. The Morgan fingerprint density at radius 2 is 1.85 bits per heavy atom. The predicted molar refractivity (Wildman–Crippen MR) is 56.6 cm³/mol. The van der Waals surface area contributed by atoms with Gasteiger partial charge in [-0.3, -0.25) is 0 Å². The fraction of sp³-hybridized carbons (Fsp3) is 1.00. The Kier molecular flexibility index (Phi) is 3.78. The van der Waals surface area contributed by atoms with Gasteiger partial charge >= 0.3 is 0 Å². The highest BCUT2D eigenvalue weighted by Crippen LogP contribution is 2.39. The van der Waals surface area contributed by atoms with Gasteiger partial charge in [0.1, 0.15) is 0 Å². The molecule has 1 aliphatic carbocycles. The molecule has 1 nitrogen and oxygen atoms in total. The van der Waals surface area contributed by atoms with Gasteiger partial charge in [0.15, 0.2) is 0 Å². The molecule has 0 aliphatic heterocycles. The van der Waals surface area contributed by atoms with Crippen LogP contribution in [0.1, 0.15) is 52.9 Å². The molecule has 0 saturated heterocycles. The molecule has 0 radical (unpaired) electrons. The number of aliphatic hydroxyl groups excluding tert-OH is 1. The molecule has 0 aromatic heterocycles. The lowest BCUT2D eigenvalue weighted by Gasteiger charge is -2.34. The predicted octanol–water partition coefficient (Wildman–Crippen LogP) is 3.22. The van der Waals surface area contributed by atoms with E-state index < -0.39 is 0 Å². The number of hydrogen-bond acceptors (Lipinski definition) is 1. The van der Waals surface area contributed by atoms with Crippen LogP contribution in [0.25, 0.3) is 0 Å². The quantitative estimate of drug-likeness (QED) is 0.711. The molecule has 1 heteroatoms. The van der Waals surface area contributed by atoms with Gasteiger partial charge in [-0.2, -0.15) is 0 Å². The Morgan fingerprint density at radius 3 is 2.23 bits per heavy atom. The summed E-state index contributed by atoms with van der Waals surface area (Å²) in [6.07, 6.45) is 6.82. The van der Waals surface area contributed by atoms with Crippen LogP contribution < -0.4 is 0 Å². The summed E-state index contributed by atoms with van der Waals surface area (Å²) < 4.78 is 0. The SMILES string of the molecule is CC(C)C(C)(CO)CC1CCCC1. The molecule has 1 rings (SSSR count). The van der Waals surface area contributed by atoms with Gasteiger partial charge in [-0.15, -0.1) is 0 Å². The molecule has 78 valence electrons. The van der Waals surface area contributed by atoms with E-state index in [9.17, 15) is 5.11 Å². The van der Waals surface area contributed by atoms with Crippen LogP contribution in [0, 0.1) is 17.3 Å².